The van der Waals surface area contributed by atoms with E-state index in [2.05, 4.69) is 50.0 Å². The summed E-state index contributed by atoms with van der Waals surface area (Å²) >= 11 is 0. The van der Waals surface area contributed by atoms with Crippen LogP contribution in [0, 0.1) is 5.41 Å². The average Bonchev–Trinajstić information content (AvgIpc) is 2.31. The lowest BCUT2D eigenvalue weighted by Crippen LogP contribution is -2.20. The summed E-state index contributed by atoms with van der Waals surface area (Å²) in [6.07, 6.45) is 8.38. The predicted octanol–water partition coefficient (Wildman–Crippen LogP) is 2.96. The molecule has 0 atom stereocenters. The van der Waals surface area contributed by atoms with Crippen molar-refractivity contribution in [2.24, 2.45) is 5.41 Å². The first kappa shape index (κ1) is 11.2. The second kappa shape index (κ2) is 3.93. The zero-order valence-corrected chi connectivity index (χ0v) is 10.6. The third-order valence-corrected chi connectivity index (χ3v) is 3.17. The molecule has 1 aliphatic carbocycles. The normalized spacial score (nSPS) is 18.4. The molecule has 86 valence electrons. The number of hydrogen-bond acceptors (Lipinski definition) is 2. The van der Waals surface area contributed by atoms with E-state index in [0.29, 0.717) is 5.41 Å². The Morgan fingerprint density at radius 2 is 2.00 bits per heavy atom. The molecule has 0 amide bonds. The van der Waals surface area contributed by atoms with E-state index in [1.54, 1.807) is 0 Å². The fourth-order valence-electron chi connectivity index (χ4n) is 2.31. The second-order valence-corrected chi connectivity index (χ2v) is 5.62. The first-order valence-corrected chi connectivity index (χ1v) is 5.79. The van der Waals surface area contributed by atoms with Gasteiger partial charge < -0.3 is 4.90 Å². The van der Waals surface area contributed by atoms with E-state index in [-0.39, 0.29) is 0 Å². The minimum absolute atomic E-state index is 0.322. The molecule has 0 saturated carbocycles. The van der Waals surface area contributed by atoms with Gasteiger partial charge in [-0.2, -0.15) is 0 Å². The molecule has 0 aliphatic heterocycles. The van der Waals surface area contributed by atoms with Gasteiger partial charge in [0.15, 0.2) is 0 Å². The topological polar surface area (TPSA) is 16.1 Å². The molecular formula is C14H20N2. The van der Waals surface area contributed by atoms with Crippen LogP contribution in [0.5, 0.6) is 0 Å². The Labute approximate surface area is 98.0 Å². The summed E-state index contributed by atoms with van der Waals surface area (Å²) in [6, 6.07) is 2.15. The van der Waals surface area contributed by atoms with Gasteiger partial charge in [0.1, 0.15) is 0 Å². The van der Waals surface area contributed by atoms with E-state index in [4.69, 9.17) is 0 Å². The summed E-state index contributed by atoms with van der Waals surface area (Å²) < 4.78 is 0. The Hall–Kier alpha value is -1.31. The van der Waals surface area contributed by atoms with Crippen LogP contribution in [0.1, 0.15) is 31.4 Å². The third kappa shape index (κ3) is 2.26. The molecule has 0 N–H and O–H groups in total. The number of allylic oxidation sites excluding steroid dienone is 1. The van der Waals surface area contributed by atoms with Crippen molar-refractivity contribution in [2.75, 3.05) is 14.1 Å². The summed E-state index contributed by atoms with van der Waals surface area (Å²) in [5.41, 5.74) is 4.40. The van der Waals surface area contributed by atoms with Crippen LogP contribution in [0.4, 0.5) is 0 Å². The Morgan fingerprint density at radius 1 is 1.25 bits per heavy atom. The molecule has 1 aromatic rings. The highest BCUT2D eigenvalue weighted by atomic mass is 15.1. The van der Waals surface area contributed by atoms with Gasteiger partial charge in [-0.05, 0) is 41.5 Å². The molecule has 0 saturated heterocycles. The van der Waals surface area contributed by atoms with Gasteiger partial charge in [-0.1, -0.05) is 13.8 Å². The molecule has 2 nitrogen and oxygen atoms in total. The highest BCUT2D eigenvalue weighted by molar-refractivity contribution is 5.56. The van der Waals surface area contributed by atoms with E-state index >= 15 is 0 Å². The van der Waals surface area contributed by atoms with E-state index in [1.807, 2.05) is 12.4 Å². The predicted molar refractivity (Wildman–Crippen MR) is 68.0 cm³/mol. The van der Waals surface area contributed by atoms with E-state index in [1.165, 1.54) is 16.8 Å². The van der Waals surface area contributed by atoms with Crippen LogP contribution in [-0.2, 0) is 6.42 Å². The molecular weight excluding hydrogens is 196 g/mol. The lowest BCUT2D eigenvalue weighted by Gasteiger charge is -2.27. The van der Waals surface area contributed by atoms with Crippen molar-refractivity contribution >= 4 is 6.08 Å². The molecule has 16 heavy (non-hydrogen) atoms. The number of fused-ring (bicyclic) bond motifs is 1. The zero-order valence-electron chi connectivity index (χ0n) is 10.6. The fourth-order valence-corrected chi connectivity index (χ4v) is 2.31. The van der Waals surface area contributed by atoms with Crippen molar-refractivity contribution < 1.29 is 0 Å². The highest BCUT2D eigenvalue weighted by Gasteiger charge is 2.25. The van der Waals surface area contributed by atoms with Crippen LogP contribution >= 0.6 is 0 Å². The monoisotopic (exact) mass is 216 g/mol. The first-order chi connectivity index (χ1) is 7.48. The summed E-state index contributed by atoms with van der Waals surface area (Å²) in [4.78, 5) is 6.43. The lowest BCUT2D eigenvalue weighted by atomic mass is 9.83. The van der Waals surface area contributed by atoms with Crippen LogP contribution in [-0.4, -0.2) is 24.0 Å². The van der Waals surface area contributed by atoms with Crippen LogP contribution < -0.4 is 0 Å². The quantitative estimate of drug-likeness (QED) is 0.717. The molecule has 0 radical (unpaired) electrons. The average molecular weight is 216 g/mol. The summed E-state index contributed by atoms with van der Waals surface area (Å²) in [7, 11) is 4.23. The van der Waals surface area contributed by atoms with Crippen molar-refractivity contribution in [3.63, 3.8) is 0 Å². The maximum absolute atomic E-state index is 4.22. The molecule has 0 unspecified atom stereocenters. The smallest absolute Gasteiger partial charge is 0.0343 e. The minimum Gasteiger partial charge on any atom is -0.381 e. The van der Waals surface area contributed by atoms with Gasteiger partial charge in [0.05, 0.1) is 0 Å². The van der Waals surface area contributed by atoms with Crippen molar-refractivity contribution in [1.82, 2.24) is 9.88 Å². The standard InChI is InChI=1S/C14H20N2/c1-14(2)8-11-5-6-15-10-12(11)7-13(9-14)16(3)4/h5-7,10H,8-9H2,1-4H3. The molecule has 1 aromatic heterocycles. The third-order valence-electron chi connectivity index (χ3n) is 3.17. The fraction of sp³-hybridized carbons (Fsp3) is 0.500. The molecule has 0 spiro atoms. The lowest BCUT2D eigenvalue weighted by molar-refractivity contribution is 0.325. The van der Waals surface area contributed by atoms with Crippen molar-refractivity contribution in [3.8, 4) is 0 Å². The Morgan fingerprint density at radius 3 is 2.69 bits per heavy atom. The van der Waals surface area contributed by atoms with E-state index in [9.17, 15) is 0 Å². The van der Waals surface area contributed by atoms with E-state index < -0.39 is 0 Å². The van der Waals surface area contributed by atoms with Crippen LogP contribution in [0.2, 0.25) is 0 Å². The van der Waals surface area contributed by atoms with Gasteiger partial charge in [0.2, 0.25) is 0 Å². The molecule has 2 heteroatoms. The maximum Gasteiger partial charge on any atom is 0.0343 e. The summed E-state index contributed by atoms with van der Waals surface area (Å²) in [6.45, 7) is 4.67. The van der Waals surface area contributed by atoms with Crippen molar-refractivity contribution in [3.05, 3.63) is 35.3 Å². The largest absolute Gasteiger partial charge is 0.381 e. The van der Waals surface area contributed by atoms with Crippen molar-refractivity contribution in [2.45, 2.75) is 26.7 Å². The van der Waals surface area contributed by atoms with Gasteiger partial charge >= 0.3 is 0 Å². The Kier molecular flexibility index (Phi) is 2.75. The molecule has 0 bridgehead atoms. The number of pyridine rings is 1. The number of rotatable bonds is 1. The second-order valence-electron chi connectivity index (χ2n) is 5.62. The van der Waals surface area contributed by atoms with Crippen LogP contribution in [0.25, 0.3) is 6.08 Å². The molecule has 1 heterocycles. The van der Waals surface area contributed by atoms with Gasteiger partial charge in [-0.15, -0.1) is 0 Å². The zero-order chi connectivity index (χ0) is 11.8. The summed E-state index contributed by atoms with van der Waals surface area (Å²) in [5.74, 6) is 0. The summed E-state index contributed by atoms with van der Waals surface area (Å²) in [5, 5.41) is 0. The van der Waals surface area contributed by atoms with E-state index in [0.717, 1.165) is 12.8 Å². The molecule has 2 rings (SSSR count). The molecule has 0 fully saturated rings. The van der Waals surface area contributed by atoms with Gasteiger partial charge in [-0.3, -0.25) is 4.98 Å². The number of hydrogen-bond donors (Lipinski definition) is 0. The maximum atomic E-state index is 4.22. The van der Waals surface area contributed by atoms with Crippen molar-refractivity contribution in [1.29, 1.82) is 0 Å². The highest BCUT2D eigenvalue weighted by Crippen LogP contribution is 2.35. The number of nitrogens with zero attached hydrogens (tertiary/aromatic N) is 2. The molecule has 0 aromatic carbocycles. The Balaban J connectivity index is 2.49. The number of aromatic nitrogens is 1. The van der Waals surface area contributed by atoms with Crippen LogP contribution in [0.3, 0.4) is 0 Å². The molecule has 1 aliphatic rings. The minimum atomic E-state index is 0.322. The van der Waals surface area contributed by atoms with Gasteiger partial charge in [-0.25, -0.2) is 0 Å². The Bertz CT molecular complexity index is 416. The SMILES string of the molecule is CN(C)C1=Cc2cnccc2CC(C)(C)C1. The first-order valence-electron chi connectivity index (χ1n) is 5.79. The van der Waals surface area contributed by atoms with Gasteiger partial charge in [0.25, 0.3) is 0 Å². The van der Waals surface area contributed by atoms with Gasteiger partial charge in [0, 0.05) is 32.2 Å². The van der Waals surface area contributed by atoms with Crippen LogP contribution in [0.15, 0.2) is 24.2 Å².